The molecule has 1 N–H and O–H groups in total. The van der Waals surface area contributed by atoms with Crippen LogP contribution in [-0.4, -0.2) is 28.8 Å². The van der Waals surface area contributed by atoms with Crippen LogP contribution >= 0.6 is 23.2 Å². The average molecular weight is 453 g/mol. The first-order valence-corrected chi connectivity index (χ1v) is 10.8. The molecule has 2 atom stereocenters. The molecule has 0 unspecified atom stereocenters. The Morgan fingerprint density at radius 2 is 1.63 bits per heavy atom. The summed E-state index contributed by atoms with van der Waals surface area (Å²) < 4.78 is 13.3. The van der Waals surface area contributed by atoms with Gasteiger partial charge in [0.2, 0.25) is 11.8 Å². The molecule has 2 aromatic carbocycles. The van der Waals surface area contributed by atoms with Gasteiger partial charge in [0, 0.05) is 22.6 Å². The van der Waals surface area contributed by atoms with Crippen molar-refractivity contribution in [2.45, 2.75) is 58.7 Å². The Balaban J connectivity index is 2.34. The van der Waals surface area contributed by atoms with E-state index in [1.165, 1.54) is 17.0 Å². The molecule has 2 aromatic rings. The van der Waals surface area contributed by atoms with Crippen molar-refractivity contribution in [1.29, 1.82) is 0 Å². The summed E-state index contributed by atoms with van der Waals surface area (Å²) in [6.45, 7) is 5.93. The fourth-order valence-corrected chi connectivity index (χ4v) is 3.63. The Hall–Kier alpha value is -2.11. The summed E-state index contributed by atoms with van der Waals surface area (Å²) in [7, 11) is 0. The maximum absolute atomic E-state index is 13.3. The minimum Gasteiger partial charge on any atom is -0.352 e. The van der Waals surface area contributed by atoms with E-state index in [2.05, 4.69) is 5.32 Å². The molecule has 30 heavy (non-hydrogen) atoms. The van der Waals surface area contributed by atoms with E-state index in [-0.39, 0.29) is 36.6 Å². The highest BCUT2D eigenvalue weighted by atomic mass is 35.5. The fraction of sp³-hybridized carbons (Fsp3) is 0.391. The molecular formula is C23H27Cl2FN2O2. The predicted octanol–water partition coefficient (Wildman–Crippen LogP) is 5.40. The minimum atomic E-state index is -0.669. The maximum Gasteiger partial charge on any atom is 0.243 e. The number of nitrogens with zero attached hydrogens (tertiary/aromatic N) is 1. The van der Waals surface area contributed by atoms with Crippen molar-refractivity contribution in [3.63, 3.8) is 0 Å². The van der Waals surface area contributed by atoms with Gasteiger partial charge in [-0.2, -0.15) is 0 Å². The number of hydrogen-bond acceptors (Lipinski definition) is 2. The topological polar surface area (TPSA) is 49.4 Å². The van der Waals surface area contributed by atoms with E-state index in [4.69, 9.17) is 23.2 Å². The Labute approximate surface area is 187 Å². The Morgan fingerprint density at radius 1 is 1.03 bits per heavy atom. The van der Waals surface area contributed by atoms with Gasteiger partial charge >= 0.3 is 0 Å². The average Bonchev–Trinajstić information content (AvgIpc) is 2.71. The summed E-state index contributed by atoms with van der Waals surface area (Å²) in [5, 5.41) is 3.75. The Kier molecular flexibility index (Phi) is 9.12. The molecule has 0 saturated heterocycles. The molecule has 0 spiro atoms. The summed E-state index contributed by atoms with van der Waals surface area (Å²) in [4.78, 5) is 27.7. The first-order chi connectivity index (χ1) is 14.3. The fourth-order valence-electron chi connectivity index (χ4n) is 3.10. The molecule has 0 heterocycles. The van der Waals surface area contributed by atoms with Crippen LogP contribution < -0.4 is 5.32 Å². The van der Waals surface area contributed by atoms with E-state index in [9.17, 15) is 14.0 Å². The van der Waals surface area contributed by atoms with Gasteiger partial charge in [0.25, 0.3) is 0 Å². The highest BCUT2D eigenvalue weighted by molar-refractivity contribution is 6.36. The third-order valence-electron chi connectivity index (χ3n) is 5.04. The van der Waals surface area contributed by atoms with Crippen LogP contribution in [0, 0.1) is 5.82 Å². The second-order valence-electron chi connectivity index (χ2n) is 7.27. The smallest absolute Gasteiger partial charge is 0.243 e. The molecule has 0 bridgehead atoms. The van der Waals surface area contributed by atoms with Crippen molar-refractivity contribution in [2.24, 2.45) is 0 Å². The lowest BCUT2D eigenvalue weighted by Crippen LogP contribution is -2.51. The number of hydrogen-bond donors (Lipinski definition) is 1. The highest BCUT2D eigenvalue weighted by Crippen LogP contribution is 2.26. The lowest BCUT2D eigenvalue weighted by Gasteiger charge is -2.31. The molecule has 0 radical (unpaired) electrons. The van der Waals surface area contributed by atoms with Crippen molar-refractivity contribution >= 4 is 35.0 Å². The molecular weight excluding hydrogens is 426 g/mol. The van der Waals surface area contributed by atoms with Crippen LogP contribution in [0.3, 0.4) is 0 Å². The van der Waals surface area contributed by atoms with Gasteiger partial charge in [-0.05, 0) is 55.2 Å². The van der Waals surface area contributed by atoms with Crippen molar-refractivity contribution in [1.82, 2.24) is 10.2 Å². The van der Waals surface area contributed by atoms with Crippen molar-refractivity contribution in [2.75, 3.05) is 0 Å². The van der Waals surface area contributed by atoms with Gasteiger partial charge in [-0.15, -0.1) is 0 Å². The molecule has 2 amide bonds. The van der Waals surface area contributed by atoms with Crippen LogP contribution in [0.5, 0.6) is 0 Å². The molecule has 0 aliphatic carbocycles. The van der Waals surface area contributed by atoms with E-state index < -0.39 is 6.04 Å². The molecule has 0 aliphatic rings. The molecule has 0 aromatic heterocycles. The summed E-state index contributed by atoms with van der Waals surface area (Å²) in [5.74, 6) is -0.853. The molecule has 7 heteroatoms. The lowest BCUT2D eigenvalue weighted by molar-refractivity contribution is -0.141. The number of carbonyl (C=O) groups excluding carboxylic acids is 2. The zero-order chi connectivity index (χ0) is 22.3. The van der Waals surface area contributed by atoms with Gasteiger partial charge in [0.15, 0.2) is 0 Å². The van der Waals surface area contributed by atoms with Gasteiger partial charge in [0.1, 0.15) is 11.9 Å². The van der Waals surface area contributed by atoms with Crippen LogP contribution in [0.1, 0.15) is 44.7 Å². The van der Waals surface area contributed by atoms with Gasteiger partial charge < -0.3 is 10.2 Å². The maximum atomic E-state index is 13.3. The van der Waals surface area contributed by atoms with Crippen LogP contribution in [0.15, 0.2) is 42.5 Å². The number of rotatable bonds is 9. The molecule has 162 valence electrons. The third kappa shape index (κ3) is 6.44. The first kappa shape index (κ1) is 24.2. The van der Waals surface area contributed by atoms with Crippen molar-refractivity contribution in [3.05, 3.63) is 69.5 Å². The third-order valence-corrected chi connectivity index (χ3v) is 5.75. The summed E-state index contributed by atoms with van der Waals surface area (Å²) in [6, 6.07) is 10.3. The number of amides is 2. The zero-order valence-electron chi connectivity index (χ0n) is 17.4. The lowest BCUT2D eigenvalue weighted by atomic mass is 10.1. The zero-order valence-corrected chi connectivity index (χ0v) is 18.9. The molecule has 0 aliphatic heterocycles. The Morgan fingerprint density at radius 3 is 2.17 bits per heavy atom. The minimum absolute atomic E-state index is 0.00710. The molecule has 2 rings (SSSR count). The van der Waals surface area contributed by atoms with Crippen molar-refractivity contribution < 1.29 is 14.0 Å². The van der Waals surface area contributed by atoms with Crippen LogP contribution in [0.2, 0.25) is 10.0 Å². The molecule has 4 nitrogen and oxygen atoms in total. The van der Waals surface area contributed by atoms with Gasteiger partial charge in [0.05, 0.1) is 6.42 Å². The van der Waals surface area contributed by atoms with E-state index in [1.807, 2.05) is 20.8 Å². The number of carbonyl (C=O) groups is 2. The van der Waals surface area contributed by atoms with E-state index >= 15 is 0 Å². The van der Waals surface area contributed by atoms with Crippen LogP contribution in [-0.2, 0) is 22.6 Å². The van der Waals surface area contributed by atoms with Gasteiger partial charge in [-0.3, -0.25) is 9.59 Å². The molecule has 0 fully saturated rings. The van der Waals surface area contributed by atoms with Gasteiger partial charge in [-0.25, -0.2) is 4.39 Å². The number of halogens is 3. The van der Waals surface area contributed by atoms with Gasteiger partial charge in [-0.1, -0.05) is 55.2 Å². The number of nitrogens with one attached hydrogen (secondary N) is 1. The second kappa shape index (κ2) is 11.3. The second-order valence-corrected chi connectivity index (χ2v) is 8.08. The van der Waals surface area contributed by atoms with Crippen LogP contribution in [0.4, 0.5) is 4.39 Å². The van der Waals surface area contributed by atoms with E-state index in [0.29, 0.717) is 22.0 Å². The monoisotopic (exact) mass is 452 g/mol. The standard InChI is InChI=1S/C23H27Cl2FN2O2/c1-4-15(3)27-23(30)21(5-2)28(14-16-9-11-17(26)12-10-16)22(29)13-18-19(24)7-6-8-20(18)25/h6-12,15,21H,4-5,13-14H2,1-3H3,(H,27,30)/t15-,21+/m1/s1. The quantitative estimate of drug-likeness (QED) is 0.553. The highest BCUT2D eigenvalue weighted by Gasteiger charge is 2.30. The normalized spacial score (nSPS) is 12.9. The molecule has 0 saturated carbocycles. The van der Waals surface area contributed by atoms with E-state index in [1.54, 1.807) is 30.3 Å². The van der Waals surface area contributed by atoms with Crippen LogP contribution in [0.25, 0.3) is 0 Å². The SMILES string of the molecule is CC[C@@H](C)NC(=O)[C@H](CC)N(Cc1ccc(F)cc1)C(=O)Cc1c(Cl)cccc1Cl. The summed E-state index contributed by atoms with van der Waals surface area (Å²) in [6.07, 6.45) is 1.18. The first-order valence-electron chi connectivity index (χ1n) is 10.0. The summed E-state index contributed by atoms with van der Waals surface area (Å²) in [5.41, 5.74) is 1.25. The largest absolute Gasteiger partial charge is 0.352 e. The van der Waals surface area contributed by atoms with Crippen molar-refractivity contribution in [3.8, 4) is 0 Å². The number of benzene rings is 2. The van der Waals surface area contributed by atoms with E-state index in [0.717, 1.165) is 12.0 Å². The predicted molar refractivity (Wildman–Crippen MR) is 119 cm³/mol. The summed E-state index contributed by atoms with van der Waals surface area (Å²) >= 11 is 12.5. The Bertz CT molecular complexity index is 854.